The van der Waals surface area contributed by atoms with Crippen molar-refractivity contribution >= 4 is 50.4 Å². The normalized spacial score (nSPS) is 9.77. The second-order valence-electron chi connectivity index (χ2n) is 2.50. The van der Waals surface area contributed by atoms with E-state index < -0.39 is 0 Å². The summed E-state index contributed by atoms with van der Waals surface area (Å²) in [6, 6.07) is 5.70. The van der Waals surface area contributed by atoms with E-state index in [4.69, 9.17) is 23.8 Å². The van der Waals surface area contributed by atoms with Gasteiger partial charge in [-0.25, -0.2) is 0 Å². The van der Waals surface area contributed by atoms with Crippen molar-refractivity contribution in [3.63, 3.8) is 0 Å². The standard InChI is InChI=1S/C9H9BrClNS/c1-2-8(13)12-7-5-3-4-6(10)9(7)11/h3-5H,2H2,1H3,(H,12,13). The van der Waals surface area contributed by atoms with Gasteiger partial charge in [0.15, 0.2) is 0 Å². The van der Waals surface area contributed by atoms with Crippen molar-refractivity contribution in [1.29, 1.82) is 0 Å². The van der Waals surface area contributed by atoms with Gasteiger partial charge >= 0.3 is 0 Å². The molecule has 1 rings (SSSR count). The maximum atomic E-state index is 6.03. The molecule has 0 aliphatic carbocycles. The van der Waals surface area contributed by atoms with Crippen LogP contribution in [0.3, 0.4) is 0 Å². The predicted octanol–water partition coefficient (Wildman–Crippen LogP) is 4.25. The summed E-state index contributed by atoms with van der Waals surface area (Å²) < 4.78 is 0.873. The maximum Gasteiger partial charge on any atom is 0.0794 e. The van der Waals surface area contributed by atoms with Gasteiger partial charge in [0.2, 0.25) is 0 Å². The molecule has 0 saturated carbocycles. The first-order valence-electron chi connectivity index (χ1n) is 3.89. The molecule has 13 heavy (non-hydrogen) atoms. The molecule has 0 saturated heterocycles. The third kappa shape index (κ3) is 2.93. The first-order valence-corrected chi connectivity index (χ1v) is 5.47. The summed E-state index contributed by atoms with van der Waals surface area (Å²) in [4.78, 5) is 0.792. The zero-order valence-electron chi connectivity index (χ0n) is 7.10. The van der Waals surface area contributed by atoms with Crippen LogP contribution in [-0.2, 0) is 0 Å². The Kier molecular flexibility index (Phi) is 4.16. The van der Waals surface area contributed by atoms with Crippen molar-refractivity contribution in [2.75, 3.05) is 5.32 Å². The molecule has 0 fully saturated rings. The van der Waals surface area contributed by atoms with E-state index in [-0.39, 0.29) is 0 Å². The molecule has 0 heterocycles. The molecule has 0 radical (unpaired) electrons. The largest absolute Gasteiger partial charge is 0.349 e. The van der Waals surface area contributed by atoms with Crippen LogP contribution >= 0.6 is 39.7 Å². The van der Waals surface area contributed by atoms with E-state index >= 15 is 0 Å². The molecule has 0 aliphatic rings. The van der Waals surface area contributed by atoms with Gasteiger partial charge in [-0.05, 0) is 34.5 Å². The molecule has 1 N–H and O–H groups in total. The van der Waals surface area contributed by atoms with Crippen molar-refractivity contribution in [2.24, 2.45) is 0 Å². The Morgan fingerprint density at radius 2 is 2.31 bits per heavy atom. The molecule has 4 heteroatoms. The Hall–Kier alpha value is -0.120. The molecule has 1 aromatic carbocycles. The summed E-state index contributed by atoms with van der Waals surface area (Å²) in [6.45, 7) is 2.00. The molecule has 70 valence electrons. The molecular weight excluding hydrogens is 270 g/mol. The van der Waals surface area contributed by atoms with Crippen LogP contribution in [0.5, 0.6) is 0 Å². The molecule has 0 bridgehead atoms. The van der Waals surface area contributed by atoms with Gasteiger partial charge < -0.3 is 5.32 Å². The topological polar surface area (TPSA) is 12.0 Å². The average molecular weight is 279 g/mol. The van der Waals surface area contributed by atoms with Gasteiger partial charge in [0.25, 0.3) is 0 Å². The minimum Gasteiger partial charge on any atom is -0.349 e. The highest BCUT2D eigenvalue weighted by molar-refractivity contribution is 9.10. The van der Waals surface area contributed by atoms with Crippen LogP contribution in [-0.4, -0.2) is 4.99 Å². The third-order valence-corrected chi connectivity index (χ3v) is 3.23. The van der Waals surface area contributed by atoms with Crippen molar-refractivity contribution in [3.8, 4) is 0 Å². The molecule has 1 nitrogen and oxygen atoms in total. The number of hydrogen-bond donors (Lipinski definition) is 1. The molecular formula is C9H9BrClNS. The number of benzene rings is 1. The number of nitrogens with one attached hydrogen (secondary N) is 1. The summed E-state index contributed by atoms with van der Waals surface area (Å²) in [5.74, 6) is 0. The Morgan fingerprint density at radius 3 is 2.92 bits per heavy atom. The minimum absolute atomic E-state index is 0.665. The fourth-order valence-electron chi connectivity index (χ4n) is 0.839. The van der Waals surface area contributed by atoms with Crippen LogP contribution in [0.1, 0.15) is 13.3 Å². The van der Waals surface area contributed by atoms with Gasteiger partial charge in [-0.15, -0.1) is 0 Å². The van der Waals surface area contributed by atoms with Gasteiger partial charge in [-0.1, -0.05) is 36.8 Å². The number of thiocarbonyl (C=S) groups is 1. The van der Waals surface area contributed by atoms with E-state index in [1.54, 1.807) is 0 Å². The number of rotatable bonds is 2. The first kappa shape index (κ1) is 11.0. The van der Waals surface area contributed by atoms with Gasteiger partial charge in [0.05, 0.1) is 15.7 Å². The number of hydrogen-bond acceptors (Lipinski definition) is 1. The lowest BCUT2D eigenvalue weighted by Gasteiger charge is -2.08. The highest BCUT2D eigenvalue weighted by Crippen LogP contribution is 2.29. The molecule has 1 aromatic rings. The lowest BCUT2D eigenvalue weighted by Crippen LogP contribution is -2.07. The first-order chi connectivity index (χ1) is 6.15. The van der Waals surface area contributed by atoms with Crippen molar-refractivity contribution in [2.45, 2.75) is 13.3 Å². The molecule has 0 spiro atoms. The minimum atomic E-state index is 0.665. The second kappa shape index (κ2) is 4.94. The van der Waals surface area contributed by atoms with E-state index in [2.05, 4.69) is 21.2 Å². The van der Waals surface area contributed by atoms with E-state index in [1.807, 2.05) is 25.1 Å². The lowest BCUT2D eigenvalue weighted by molar-refractivity contribution is 1.31. The van der Waals surface area contributed by atoms with Gasteiger partial charge in [0, 0.05) is 4.47 Å². The zero-order valence-corrected chi connectivity index (χ0v) is 10.3. The van der Waals surface area contributed by atoms with Crippen LogP contribution in [0.25, 0.3) is 0 Å². The third-order valence-electron chi connectivity index (χ3n) is 1.55. The van der Waals surface area contributed by atoms with Gasteiger partial charge in [-0.2, -0.15) is 0 Å². The molecule has 0 aliphatic heterocycles. The van der Waals surface area contributed by atoms with Gasteiger partial charge in [-0.3, -0.25) is 0 Å². The summed E-state index contributed by atoms with van der Waals surface area (Å²) in [5.41, 5.74) is 0.850. The summed E-state index contributed by atoms with van der Waals surface area (Å²) in [6.07, 6.45) is 0.818. The Labute approximate surface area is 96.6 Å². The second-order valence-corrected chi connectivity index (χ2v) is 4.23. The molecule has 0 atom stereocenters. The molecule has 0 amide bonds. The van der Waals surface area contributed by atoms with Crippen LogP contribution in [0, 0.1) is 0 Å². The van der Waals surface area contributed by atoms with E-state index in [0.717, 1.165) is 21.6 Å². The van der Waals surface area contributed by atoms with E-state index in [1.165, 1.54) is 0 Å². The Morgan fingerprint density at radius 1 is 1.62 bits per heavy atom. The lowest BCUT2D eigenvalue weighted by atomic mass is 10.3. The number of anilines is 1. The fourth-order valence-corrected chi connectivity index (χ4v) is 1.49. The summed E-state index contributed by atoms with van der Waals surface area (Å²) in [7, 11) is 0. The Bertz CT molecular complexity index is 327. The molecule has 0 aromatic heterocycles. The maximum absolute atomic E-state index is 6.03. The highest BCUT2D eigenvalue weighted by atomic mass is 79.9. The Balaban J connectivity index is 2.89. The van der Waals surface area contributed by atoms with Crippen molar-refractivity contribution in [3.05, 3.63) is 27.7 Å². The van der Waals surface area contributed by atoms with Crippen LogP contribution in [0.15, 0.2) is 22.7 Å². The van der Waals surface area contributed by atoms with E-state index in [0.29, 0.717) is 5.02 Å². The SMILES string of the molecule is CCC(=S)Nc1cccc(Br)c1Cl. The average Bonchev–Trinajstić information content (AvgIpc) is 2.13. The fraction of sp³-hybridized carbons (Fsp3) is 0.222. The summed E-state index contributed by atoms with van der Waals surface area (Å²) in [5, 5.41) is 3.74. The highest BCUT2D eigenvalue weighted by Gasteiger charge is 2.03. The van der Waals surface area contributed by atoms with Crippen molar-refractivity contribution < 1.29 is 0 Å². The monoisotopic (exact) mass is 277 g/mol. The van der Waals surface area contributed by atoms with Gasteiger partial charge in [0.1, 0.15) is 0 Å². The zero-order chi connectivity index (χ0) is 9.84. The van der Waals surface area contributed by atoms with Crippen LogP contribution in [0.2, 0.25) is 5.02 Å². The smallest absolute Gasteiger partial charge is 0.0794 e. The van der Waals surface area contributed by atoms with Crippen molar-refractivity contribution in [1.82, 2.24) is 0 Å². The molecule has 0 unspecified atom stereocenters. The predicted molar refractivity (Wildman–Crippen MR) is 65.7 cm³/mol. The quantitative estimate of drug-likeness (QED) is 0.812. The van der Waals surface area contributed by atoms with Crippen LogP contribution < -0.4 is 5.32 Å². The van der Waals surface area contributed by atoms with E-state index in [9.17, 15) is 0 Å². The van der Waals surface area contributed by atoms with Crippen LogP contribution in [0.4, 0.5) is 5.69 Å². The number of halogens is 2. The summed E-state index contributed by atoms with van der Waals surface area (Å²) >= 11 is 14.4.